The summed E-state index contributed by atoms with van der Waals surface area (Å²) in [6, 6.07) is 5.70. The zero-order valence-electron chi connectivity index (χ0n) is 10.6. The van der Waals surface area contributed by atoms with Gasteiger partial charge in [0, 0.05) is 18.7 Å². The van der Waals surface area contributed by atoms with Gasteiger partial charge in [0.2, 0.25) is 0 Å². The van der Waals surface area contributed by atoms with Crippen LogP contribution in [0.1, 0.15) is 31.9 Å². The molecule has 4 heteroatoms. The predicted molar refractivity (Wildman–Crippen MR) is 67.4 cm³/mol. The van der Waals surface area contributed by atoms with Crippen molar-refractivity contribution in [1.82, 2.24) is 5.32 Å². The summed E-state index contributed by atoms with van der Waals surface area (Å²) < 4.78 is 5.07. The molecule has 0 heterocycles. The summed E-state index contributed by atoms with van der Waals surface area (Å²) in [5.74, 6) is 0.623. The number of phenolic OH excluding ortho intramolecular Hbond substituents is 1. The van der Waals surface area contributed by atoms with E-state index < -0.39 is 0 Å². The molecule has 1 aromatic rings. The van der Waals surface area contributed by atoms with Gasteiger partial charge < -0.3 is 20.3 Å². The molecule has 0 aliphatic heterocycles. The molecule has 0 bridgehead atoms. The summed E-state index contributed by atoms with van der Waals surface area (Å²) in [5.41, 5.74) is 1.05. The second-order valence-electron chi connectivity index (χ2n) is 4.23. The lowest BCUT2D eigenvalue weighted by Crippen LogP contribution is -2.29. The number of benzene rings is 1. The summed E-state index contributed by atoms with van der Waals surface area (Å²) in [7, 11) is 1.53. The van der Waals surface area contributed by atoms with Gasteiger partial charge in [-0.15, -0.1) is 0 Å². The quantitative estimate of drug-likeness (QED) is 0.708. The van der Waals surface area contributed by atoms with Gasteiger partial charge in [0.1, 0.15) is 0 Å². The van der Waals surface area contributed by atoms with Gasteiger partial charge >= 0.3 is 0 Å². The van der Waals surface area contributed by atoms with E-state index in [1.165, 1.54) is 7.11 Å². The van der Waals surface area contributed by atoms with E-state index in [0.717, 1.165) is 12.0 Å². The molecule has 2 unspecified atom stereocenters. The number of aliphatic hydroxyl groups is 1. The number of methoxy groups -OCH3 is 1. The summed E-state index contributed by atoms with van der Waals surface area (Å²) in [6.07, 6.45) is 0.722. The average Bonchev–Trinajstić information content (AvgIpc) is 2.29. The third-order valence-corrected chi connectivity index (χ3v) is 2.80. The van der Waals surface area contributed by atoms with E-state index in [4.69, 9.17) is 9.84 Å². The molecule has 0 aromatic heterocycles. The molecule has 0 aliphatic rings. The first-order chi connectivity index (χ1) is 8.08. The minimum atomic E-state index is 0.144. The molecule has 0 amide bonds. The number of ether oxygens (including phenoxy) is 1. The normalized spacial score (nSPS) is 14.4. The van der Waals surface area contributed by atoms with Gasteiger partial charge in [0.15, 0.2) is 11.5 Å². The summed E-state index contributed by atoms with van der Waals surface area (Å²) in [4.78, 5) is 0. The van der Waals surface area contributed by atoms with Crippen molar-refractivity contribution >= 4 is 0 Å². The minimum absolute atomic E-state index is 0.144. The molecule has 17 heavy (non-hydrogen) atoms. The van der Waals surface area contributed by atoms with Crippen LogP contribution < -0.4 is 10.1 Å². The third kappa shape index (κ3) is 3.91. The van der Waals surface area contributed by atoms with E-state index >= 15 is 0 Å². The van der Waals surface area contributed by atoms with Gasteiger partial charge in [-0.25, -0.2) is 0 Å². The second-order valence-corrected chi connectivity index (χ2v) is 4.23. The molecule has 4 nitrogen and oxygen atoms in total. The lowest BCUT2D eigenvalue weighted by Gasteiger charge is -2.20. The van der Waals surface area contributed by atoms with Crippen molar-refractivity contribution in [3.05, 3.63) is 23.8 Å². The maximum Gasteiger partial charge on any atom is 0.160 e. The molecule has 0 saturated carbocycles. The fraction of sp³-hybridized carbons (Fsp3) is 0.538. The molecular formula is C13H21NO3. The van der Waals surface area contributed by atoms with Crippen LogP contribution >= 0.6 is 0 Å². The Morgan fingerprint density at radius 2 is 2.06 bits per heavy atom. The van der Waals surface area contributed by atoms with Crippen LogP contribution in [-0.4, -0.2) is 30.0 Å². The third-order valence-electron chi connectivity index (χ3n) is 2.80. The molecule has 3 N–H and O–H groups in total. The molecule has 0 saturated heterocycles. The Morgan fingerprint density at radius 3 is 2.65 bits per heavy atom. The van der Waals surface area contributed by atoms with Crippen molar-refractivity contribution in [3.8, 4) is 11.5 Å². The Balaban J connectivity index is 2.71. The van der Waals surface area contributed by atoms with Crippen LogP contribution in [0.15, 0.2) is 18.2 Å². The first-order valence-corrected chi connectivity index (χ1v) is 5.82. The van der Waals surface area contributed by atoms with Crippen molar-refractivity contribution in [2.45, 2.75) is 32.4 Å². The maximum absolute atomic E-state index is 9.50. The van der Waals surface area contributed by atoms with Crippen LogP contribution in [0, 0.1) is 0 Å². The smallest absolute Gasteiger partial charge is 0.160 e. The predicted octanol–water partition coefficient (Wildman–Crippen LogP) is 1.82. The number of nitrogens with one attached hydrogen (secondary N) is 1. The standard InChI is InChI=1S/C13H21NO3/c1-9(6-7-15)14-10(2)11-4-5-12(16)13(8-11)17-3/h4-5,8-10,14-16H,6-7H2,1-3H3. The molecule has 96 valence electrons. The number of rotatable bonds is 6. The molecule has 0 radical (unpaired) electrons. The molecule has 0 fully saturated rings. The number of aromatic hydroxyl groups is 1. The highest BCUT2D eigenvalue weighted by Gasteiger charge is 2.11. The van der Waals surface area contributed by atoms with Crippen LogP contribution in [0.3, 0.4) is 0 Å². The highest BCUT2D eigenvalue weighted by atomic mass is 16.5. The fourth-order valence-corrected chi connectivity index (χ4v) is 1.76. The zero-order chi connectivity index (χ0) is 12.8. The van der Waals surface area contributed by atoms with E-state index in [0.29, 0.717) is 5.75 Å². The van der Waals surface area contributed by atoms with Crippen LogP contribution in [0.25, 0.3) is 0 Å². The Morgan fingerprint density at radius 1 is 1.35 bits per heavy atom. The van der Waals surface area contributed by atoms with E-state index in [2.05, 4.69) is 5.32 Å². The van der Waals surface area contributed by atoms with Gasteiger partial charge in [0.05, 0.1) is 7.11 Å². The minimum Gasteiger partial charge on any atom is -0.504 e. The van der Waals surface area contributed by atoms with Crippen molar-refractivity contribution in [3.63, 3.8) is 0 Å². The summed E-state index contributed by atoms with van der Waals surface area (Å²) in [6.45, 7) is 4.25. The lowest BCUT2D eigenvalue weighted by atomic mass is 10.1. The SMILES string of the molecule is COc1cc(C(C)NC(C)CCO)ccc1O. The van der Waals surface area contributed by atoms with E-state index in [1.807, 2.05) is 26.0 Å². The first kappa shape index (κ1) is 13.8. The molecular weight excluding hydrogens is 218 g/mol. The number of phenols is 1. The number of hydrogen-bond donors (Lipinski definition) is 3. The molecule has 1 aromatic carbocycles. The Labute approximate surface area is 102 Å². The lowest BCUT2D eigenvalue weighted by molar-refractivity contribution is 0.264. The average molecular weight is 239 g/mol. The fourth-order valence-electron chi connectivity index (χ4n) is 1.76. The van der Waals surface area contributed by atoms with Gasteiger partial charge in [-0.2, -0.15) is 0 Å². The Hall–Kier alpha value is -1.26. The topological polar surface area (TPSA) is 61.7 Å². The Kier molecular flexibility index (Phi) is 5.25. The number of aliphatic hydroxyl groups excluding tert-OH is 1. The highest BCUT2D eigenvalue weighted by Crippen LogP contribution is 2.28. The maximum atomic E-state index is 9.50. The summed E-state index contributed by atoms with van der Waals surface area (Å²) in [5, 5.41) is 21.7. The van der Waals surface area contributed by atoms with Crippen LogP contribution in [0.5, 0.6) is 11.5 Å². The van der Waals surface area contributed by atoms with Gasteiger partial charge in [-0.3, -0.25) is 0 Å². The largest absolute Gasteiger partial charge is 0.504 e. The van der Waals surface area contributed by atoms with Gasteiger partial charge in [0.25, 0.3) is 0 Å². The van der Waals surface area contributed by atoms with Crippen LogP contribution in [0.4, 0.5) is 0 Å². The van der Waals surface area contributed by atoms with Crippen LogP contribution in [0.2, 0.25) is 0 Å². The van der Waals surface area contributed by atoms with Crippen molar-refractivity contribution in [2.24, 2.45) is 0 Å². The molecule has 0 aliphatic carbocycles. The molecule has 1 rings (SSSR count). The van der Waals surface area contributed by atoms with Gasteiger partial charge in [-0.05, 0) is 38.0 Å². The monoisotopic (exact) mass is 239 g/mol. The van der Waals surface area contributed by atoms with E-state index in [-0.39, 0.29) is 24.4 Å². The summed E-state index contributed by atoms with van der Waals surface area (Å²) >= 11 is 0. The van der Waals surface area contributed by atoms with Crippen molar-refractivity contribution in [2.75, 3.05) is 13.7 Å². The van der Waals surface area contributed by atoms with E-state index in [1.54, 1.807) is 6.07 Å². The van der Waals surface area contributed by atoms with E-state index in [9.17, 15) is 5.11 Å². The molecule has 0 spiro atoms. The van der Waals surface area contributed by atoms with Crippen molar-refractivity contribution < 1.29 is 14.9 Å². The Bertz CT molecular complexity index is 355. The van der Waals surface area contributed by atoms with Crippen molar-refractivity contribution in [1.29, 1.82) is 0 Å². The number of hydrogen-bond acceptors (Lipinski definition) is 4. The highest BCUT2D eigenvalue weighted by molar-refractivity contribution is 5.42. The molecule has 2 atom stereocenters. The first-order valence-electron chi connectivity index (χ1n) is 5.82. The van der Waals surface area contributed by atoms with Gasteiger partial charge in [-0.1, -0.05) is 6.07 Å². The second kappa shape index (κ2) is 6.47. The zero-order valence-corrected chi connectivity index (χ0v) is 10.6. The van der Waals surface area contributed by atoms with Crippen LogP contribution in [-0.2, 0) is 0 Å².